The number of hydrogen-bond donors (Lipinski definition) is 2. The third-order valence-electron chi connectivity index (χ3n) is 2.84. The van der Waals surface area contributed by atoms with Gasteiger partial charge in [0.25, 0.3) is 0 Å². The summed E-state index contributed by atoms with van der Waals surface area (Å²) in [6.07, 6.45) is 0.963. The molecule has 0 aliphatic rings. The van der Waals surface area contributed by atoms with Crippen molar-refractivity contribution in [2.24, 2.45) is 5.92 Å². The summed E-state index contributed by atoms with van der Waals surface area (Å²) in [6.45, 7) is 5.71. The van der Waals surface area contributed by atoms with Crippen molar-refractivity contribution in [2.45, 2.75) is 26.3 Å². The maximum Gasteiger partial charge on any atom is 0.161 e. The van der Waals surface area contributed by atoms with E-state index in [1.54, 1.807) is 7.11 Å². The van der Waals surface area contributed by atoms with E-state index in [1.807, 2.05) is 24.3 Å². The van der Waals surface area contributed by atoms with Gasteiger partial charge in [-0.15, -0.1) is 0 Å². The van der Waals surface area contributed by atoms with Gasteiger partial charge in [0.2, 0.25) is 0 Å². The molecule has 4 nitrogen and oxygen atoms in total. The maximum absolute atomic E-state index is 9.25. The smallest absolute Gasteiger partial charge is 0.161 e. The Morgan fingerprint density at radius 3 is 2.47 bits per heavy atom. The summed E-state index contributed by atoms with van der Waals surface area (Å²) in [5.74, 6) is 2.05. The fourth-order valence-electron chi connectivity index (χ4n) is 1.95. The number of methoxy groups -OCH3 is 1. The van der Waals surface area contributed by atoms with E-state index < -0.39 is 0 Å². The Bertz CT molecular complexity index is 355. The summed E-state index contributed by atoms with van der Waals surface area (Å²) in [5.41, 5.74) is 0. The molecule has 0 saturated heterocycles. The normalized spacial score (nSPS) is 12.5. The zero-order valence-corrected chi connectivity index (χ0v) is 12.1. The van der Waals surface area contributed by atoms with Crippen molar-refractivity contribution in [3.05, 3.63) is 24.3 Å². The van der Waals surface area contributed by atoms with E-state index >= 15 is 0 Å². The molecular weight excluding hydrogens is 242 g/mol. The first-order valence-corrected chi connectivity index (χ1v) is 6.77. The fourth-order valence-corrected chi connectivity index (χ4v) is 1.95. The van der Waals surface area contributed by atoms with Crippen LogP contribution in [0.4, 0.5) is 0 Å². The molecule has 108 valence electrons. The zero-order valence-electron chi connectivity index (χ0n) is 12.1. The number of ether oxygens (including phenoxy) is 2. The first kappa shape index (κ1) is 15.8. The number of aliphatic hydroxyl groups excluding tert-OH is 1. The van der Waals surface area contributed by atoms with E-state index in [1.165, 1.54) is 0 Å². The van der Waals surface area contributed by atoms with E-state index in [0.717, 1.165) is 17.9 Å². The van der Waals surface area contributed by atoms with Crippen molar-refractivity contribution < 1.29 is 14.6 Å². The molecule has 0 spiro atoms. The van der Waals surface area contributed by atoms with Crippen LogP contribution >= 0.6 is 0 Å². The number of aliphatic hydroxyl groups is 1. The molecule has 1 atom stereocenters. The molecule has 0 aliphatic carbocycles. The molecule has 19 heavy (non-hydrogen) atoms. The number of rotatable bonds is 9. The minimum absolute atomic E-state index is 0.140. The summed E-state index contributed by atoms with van der Waals surface area (Å²) >= 11 is 0. The maximum atomic E-state index is 9.25. The Morgan fingerprint density at radius 1 is 1.21 bits per heavy atom. The van der Waals surface area contributed by atoms with E-state index in [4.69, 9.17) is 9.47 Å². The van der Waals surface area contributed by atoms with Crippen LogP contribution in [0.5, 0.6) is 11.5 Å². The van der Waals surface area contributed by atoms with Crippen LogP contribution < -0.4 is 14.8 Å². The molecule has 1 aromatic carbocycles. The predicted octanol–water partition coefficient (Wildman–Crippen LogP) is 2.07. The second-order valence-corrected chi connectivity index (χ2v) is 4.96. The highest BCUT2D eigenvalue weighted by atomic mass is 16.5. The van der Waals surface area contributed by atoms with Crippen LogP contribution in [-0.2, 0) is 0 Å². The van der Waals surface area contributed by atoms with Crippen molar-refractivity contribution in [1.82, 2.24) is 5.32 Å². The highest BCUT2D eigenvalue weighted by Gasteiger charge is 2.09. The molecule has 0 aliphatic heterocycles. The molecular formula is C15H25NO3. The lowest BCUT2D eigenvalue weighted by Gasteiger charge is -2.18. The van der Waals surface area contributed by atoms with Crippen molar-refractivity contribution in [3.8, 4) is 11.5 Å². The molecule has 1 rings (SSSR count). The standard InChI is InChI=1S/C15H25NO3/c1-12(2)10-13(11-17)16-8-9-19-15-7-5-4-6-14(15)18-3/h4-7,12-13,16-17H,8-11H2,1-3H3. The molecule has 0 aromatic heterocycles. The van der Waals surface area contributed by atoms with Crippen LogP contribution in [0.25, 0.3) is 0 Å². The third-order valence-corrected chi connectivity index (χ3v) is 2.84. The number of nitrogens with one attached hydrogen (secondary N) is 1. The largest absolute Gasteiger partial charge is 0.493 e. The number of para-hydroxylation sites is 2. The number of hydrogen-bond acceptors (Lipinski definition) is 4. The lowest BCUT2D eigenvalue weighted by molar-refractivity contribution is 0.213. The van der Waals surface area contributed by atoms with Crippen LogP contribution in [0.3, 0.4) is 0 Å². The van der Waals surface area contributed by atoms with E-state index in [9.17, 15) is 5.11 Å². The zero-order chi connectivity index (χ0) is 14.1. The third kappa shape index (κ3) is 5.94. The van der Waals surface area contributed by atoms with Crippen LogP contribution in [0.1, 0.15) is 20.3 Å². The quantitative estimate of drug-likeness (QED) is 0.673. The Kier molecular flexibility index (Phi) is 7.30. The van der Waals surface area contributed by atoms with Crippen LogP contribution in [-0.4, -0.2) is 38.0 Å². The summed E-state index contributed by atoms with van der Waals surface area (Å²) < 4.78 is 10.9. The molecule has 0 bridgehead atoms. The SMILES string of the molecule is COc1ccccc1OCCNC(CO)CC(C)C. The number of benzene rings is 1. The Morgan fingerprint density at radius 2 is 1.89 bits per heavy atom. The molecule has 0 radical (unpaired) electrons. The summed E-state index contributed by atoms with van der Waals surface area (Å²) in [4.78, 5) is 0. The van der Waals surface area contributed by atoms with Crippen LogP contribution in [0, 0.1) is 5.92 Å². The van der Waals surface area contributed by atoms with Gasteiger partial charge in [-0.3, -0.25) is 0 Å². The molecule has 1 unspecified atom stereocenters. The monoisotopic (exact) mass is 267 g/mol. The van der Waals surface area contributed by atoms with Gasteiger partial charge >= 0.3 is 0 Å². The highest BCUT2D eigenvalue weighted by molar-refractivity contribution is 5.39. The van der Waals surface area contributed by atoms with Gasteiger partial charge in [0.05, 0.1) is 13.7 Å². The van der Waals surface area contributed by atoms with Crippen molar-refractivity contribution >= 4 is 0 Å². The molecule has 2 N–H and O–H groups in total. The van der Waals surface area contributed by atoms with Gasteiger partial charge in [0, 0.05) is 12.6 Å². The highest BCUT2D eigenvalue weighted by Crippen LogP contribution is 2.25. The molecule has 1 aromatic rings. The van der Waals surface area contributed by atoms with E-state index in [0.29, 0.717) is 19.1 Å². The second kappa shape index (κ2) is 8.77. The van der Waals surface area contributed by atoms with Gasteiger partial charge in [-0.05, 0) is 24.5 Å². The first-order chi connectivity index (χ1) is 9.17. The topological polar surface area (TPSA) is 50.7 Å². The van der Waals surface area contributed by atoms with Gasteiger partial charge in [0.15, 0.2) is 11.5 Å². The van der Waals surface area contributed by atoms with E-state index in [2.05, 4.69) is 19.2 Å². The lowest BCUT2D eigenvalue weighted by Crippen LogP contribution is -2.36. The van der Waals surface area contributed by atoms with Crippen molar-refractivity contribution in [1.29, 1.82) is 0 Å². The van der Waals surface area contributed by atoms with Crippen LogP contribution in [0.15, 0.2) is 24.3 Å². The van der Waals surface area contributed by atoms with Gasteiger partial charge < -0.3 is 19.9 Å². The summed E-state index contributed by atoms with van der Waals surface area (Å²) in [5, 5.41) is 12.5. The van der Waals surface area contributed by atoms with Gasteiger partial charge in [0.1, 0.15) is 6.61 Å². The molecule has 0 fully saturated rings. The van der Waals surface area contributed by atoms with Crippen molar-refractivity contribution in [3.63, 3.8) is 0 Å². The van der Waals surface area contributed by atoms with Crippen molar-refractivity contribution in [2.75, 3.05) is 26.9 Å². The molecule has 0 saturated carbocycles. The molecule has 0 heterocycles. The van der Waals surface area contributed by atoms with Gasteiger partial charge in [-0.1, -0.05) is 26.0 Å². The summed E-state index contributed by atoms with van der Waals surface area (Å²) in [7, 11) is 1.63. The Balaban J connectivity index is 2.30. The summed E-state index contributed by atoms with van der Waals surface area (Å²) in [6, 6.07) is 7.73. The molecule has 0 amide bonds. The first-order valence-electron chi connectivity index (χ1n) is 6.77. The van der Waals surface area contributed by atoms with E-state index in [-0.39, 0.29) is 12.6 Å². The molecule has 4 heteroatoms. The van der Waals surface area contributed by atoms with Gasteiger partial charge in [-0.2, -0.15) is 0 Å². The average Bonchev–Trinajstić information content (AvgIpc) is 2.42. The predicted molar refractivity (Wildman–Crippen MR) is 76.8 cm³/mol. The Hall–Kier alpha value is -1.26. The average molecular weight is 267 g/mol. The lowest BCUT2D eigenvalue weighted by atomic mass is 10.0. The minimum Gasteiger partial charge on any atom is -0.493 e. The Labute approximate surface area is 115 Å². The van der Waals surface area contributed by atoms with Gasteiger partial charge in [-0.25, -0.2) is 0 Å². The minimum atomic E-state index is 0.140. The second-order valence-electron chi connectivity index (χ2n) is 4.96. The van der Waals surface area contributed by atoms with Crippen LogP contribution in [0.2, 0.25) is 0 Å². The fraction of sp³-hybridized carbons (Fsp3) is 0.600.